The van der Waals surface area contributed by atoms with Crippen LogP contribution in [0.25, 0.3) is 11.0 Å². The molecule has 0 radical (unpaired) electrons. The van der Waals surface area contributed by atoms with Gasteiger partial charge in [0.05, 0.1) is 14.2 Å². The third-order valence-electron chi connectivity index (χ3n) is 6.20. The van der Waals surface area contributed by atoms with Crippen LogP contribution in [0.3, 0.4) is 0 Å². The highest BCUT2D eigenvalue weighted by Crippen LogP contribution is 2.46. The van der Waals surface area contributed by atoms with Crippen molar-refractivity contribution in [3.63, 3.8) is 0 Å². The third kappa shape index (κ3) is 3.74. The van der Waals surface area contributed by atoms with E-state index in [0.717, 1.165) is 32.1 Å². The van der Waals surface area contributed by atoms with Gasteiger partial charge in [-0.05, 0) is 55.0 Å². The van der Waals surface area contributed by atoms with Crippen LogP contribution in [0, 0.1) is 18.0 Å². The number of ether oxygens (including phenoxy) is 2. The Hall–Kier alpha value is -4.11. The Labute approximate surface area is 206 Å². The fourth-order valence-electron chi connectivity index (χ4n) is 4.52. The molecule has 8 nitrogen and oxygen atoms in total. The van der Waals surface area contributed by atoms with Gasteiger partial charge in [0.25, 0.3) is 0 Å². The number of hydrogen-bond acceptors (Lipinski definition) is 7. The van der Waals surface area contributed by atoms with Crippen molar-refractivity contribution in [2.24, 2.45) is 5.92 Å². The Balaban J connectivity index is 1.85. The summed E-state index contributed by atoms with van der Waals surface area (Å²) in [6, 6.07) is 19.7. The number of hydrogen-bond donors (Lipinski definition) is 1. The lowest BCUT2D eigenvalue weighted by atomic mass is 9.75. The summed E-state index contributed by atoms with van der Waals surface area (Å²) in [5.74, 6) is 0.626. The second-order valence-corrected chi connectivity index (χ2v) is 9.45. The van der Waals surface area contributed by atoms with Crippen LogP contribution in [0.5, 0.6) is 5.75 Å². The zero-order valence-electron chi connectivity index (χ0n) is 19.5. The molecule has 35 heavy (non-hydrogen) atoms. The van der Waals surface area contributed by atoms with E-state index in [1.165, 1.54) is 7.11 Å². The molecule has 2 aromatic heterocycles. The molecule has 0 amide bonds. The van der Waals surface area contributed by atoms with Gasteiger partial charge >= 0.3 is 5.71 Å². The molecule has 0 spiro atoms. The van der Waals surface area contributed by atoms with Gasteiger partial charge in [-0.3, -0.25) is 5.21 Å². The maximum atomic E-state index is 11.7. The van der Waals surface area contributed by atoms with Gasteiger partial charge in [0.15, 0.2) is 11.3 Å². The monoisotopic (exact) mass is 488 g/mol. The molecule has 0 aliphatic heterocycles. The van der Waals surface area contributed by atoms with Gasteiger partial charge in [0, 0.05) is 26.7 Å². The Morgan fingerprint density at radius 1 is 1.00 bits per heavy atom. The van der Waals surface area contributed by atoms with E-state index in [4.69, 9.17) is 19.7 Å². The molecule has 0 saturated carbocycles. The SMILES string of the molecule is COC1=CC(C(c2ccc(OC)cc2)(c2ccc(C)s2)n2nc3ccccc3n2)C=C/C1=[N+](/[O-])O. The highest BCUT2D eigenvalue weighted by molar-refractivity contribution is 7.12. The Morgan fingerprint density at radius 3 is 2.23 bits per heavy atom. The molecular formula is C26H24N4O4S. The number of allylic oxidation sites excluding steroid dienone is 3. The zero-order valence-corrected chi connectivity index (χ0v) is 20.3. The summed E-state index contributed by atoms with van der Waals surface area (Å²) in [6.07, 6.45) is 5.26. The van der Waals surface area contributed by atoms with Crippen molar-refractivity contribution in [2.45, 2.75) is 12.5 Å². The lowest BCUT2D eigenvalue weighted by Crippen LogP contribution is -2.44. The second-order valence-electron chi connectivity index (χ2n) is 8.16. The zero-order chi connectivity index (χ0) is 24.6. The van der Waals surface area contributed by atoms with E-state index in [2.05, 4.69) is 19.1 Å². The summed E-state index contributed by atoms with van der Waals surface area (Å²) in [7, 11) is 3.10. The van der Waals surface area contributed by atoms with Crippen LogP contribution in [0.4, 0.5) is 0 Å². The van der Waals surface area contributed by atoms with Crippen LogP contribution in [0.2, 0.25) is 0 Å². The Morgan fingerprint density at radius 2 is 1.69 bits per heavy atom. The minimum absolute atomic E-state index is 0.0216. The van der Waals surface area contributed by atoms with Crippen LogP contribution in [0.15, 0.2) is 84.7 Å². The third-order valence-corrected chi connectivity index (χ3v) is 7.33. The van der Waals surface area contributed by atoms with Crippen LogP contribution in [0.1, 0.15) is 15.3 Å². The number of fused-ring (bicyclic) bond motifs is 1. The molecule has 0 fully saturated rings. The molecular weight excluding hydrogens is 464 g/mol. The summed E-state index contributed by atoms with van der Waals surface area (Å²) in [4.78, 5) is 3.71. The quantitative estimate of drug-likeness (QED) is 0.241. The Kier molecular flexibility index (Phi) is 5.78. The van der Waals surface area contributed by atoms with Gasteiger partial charge in [-0.2, -0.15) is 15.0 Å². The van der Waals surface area contributed by atoms with Crippen molar-refractivity contribution in [2.75, 3.05) is 14.2 Å². The highest BCUT2D eigenvalue weighted by Gasteiger charge is 2.47. The Bertz CT molecular complexity index is 1430. The number of benzene rings is 2. The standard InChI is InChI=1S/C26H24N4O4S/c1-17-8-15-25(35-17)26(18-9-12-20(33-2)13-10-18,30-27-21-6-4-5-7-22(21)28-30)19-11-14-23(29(31)32)24(16-19)34-3/h4-16,19H,1-3H3,(H,31,32). The van der Waals surface area contributed by atoms with Crippen LogP contribution in [-0.4, -0.2) is 45.0 Å². The normalized spacial score (nSPS) is 18.7. The predicted octanol–water partition coefficient (Wildman–Crippen LogP) is 4.66. The van der Waals surface area contributed by atoms with Crippen LogP contribution >= 0.6 is 11.3 Å². The van der Waals surface area contributed by atoms with Gasteiger partial charge in [-0.15, -0.1) is 11.3 Å². The molecule has 2 unspecified atom stereocenters. The average molecular weight is 489 g/mol. The first-order chi connectivity index (χ1) is 17.0. The van der Waals surface area contributed by atoms with Crippen molar-refractivity contribution in [3.8, 4) is 5.75 Å². The minimum atomic E-state index is -0.917. The van der Waals surface area contributed by atoms with E-state index in [0.29, 0.717) is 0 Å². The molecule has 2 atom stereocenters. The maximum Gasteiger partial charge on any atom is 0.308 e. The molecule has 4 aromatic rings. The number of thiophene rings is 1. The number of methoxy groups -OCH3 is 2. The molecule has 1 aliphatic rings. The molecule has 1 N–H and O–H groups in total. The summed E-state index contributed by atoms with van der Waals surface area (Å²) >= 11 is 1.65. The van der Waals surface area contributed by atoms with Gasteiger partial charge in [0.2, 0.25) is 0 Å². The number of rotatable bonds is 6. The predicted molar refractivity (Wildman–Crippen MR) is 134 cm³/mol. The first-order valence-corrected chi connectivity index (χ1v) is 11.8. The summed E-state index contributed by atoms with van der Waals surface area (Å²) < 4.78 is 10.9. The molecule has 0 saturated heterocycles. The van der Waals surface area contributed by atoms with Gasteiger partial charge in [-0.1, -0.05) is 30.3 Å². The van der Waals surface area contributed by atoms with E-state index < -0.39 is 5.54 Å². The van der Waals surface area contributed by atoms with E-state index in [9.17, 15) is 10.4 Å². The molecule has 2 heterocycles. The number of aromatic nitrogens is 3. The van der Waals surface area contributed by atoms with Crippen molar-refractivity contribution in [3.05, 3.63) is 105 Å². The molecule has 2 aromatic carbocycles. The summed E-state index contributed by atoms with van der Waals surface area (Å²) in [5, 5.41) is 31.2. The number of nitrogens with zero attached hydrogens (tertiary/aromatic N) is 4. The maximum absolute atomic E-state index is 11.7. The largest absolute Gasteiger partial charge is 0.497 e. The van der Waals surface area contributed by atoms with Crippen molar-refractivity contribution in [1.29, 1.82) is 0 Å². The van der Waals surface area contributed by atoms with E-state index >= 15 is 0 Å². The average Bonchev–Trinajstić information content (AvgIpc) is 3.51. The van der Waals surface area contributed by atoms with Gasteiger partial charge < -0.3 is 14.7 Å². The molecule has 0 bridgehead atoms. The van der Waals surface area contributed by atoms with Crippen LogP contribution in [-0.2, 0) is 10.3 Å². The van der Waals surface area contributed by atoms with Crippen LogP contribution < -0.4 is 4.74 Å². The fraction of sp³-hybridized carbons (Fsp3) is 0.192. The minimum Gasteiger partial charge on any atom is -0.497 e. The smallest absolute Gasteiger partial charge is 0.308 e. The summed E-state index contributed by atoms with van der Waals surface area (Å²) in [5.41, 5.74) is 1.56. The molecule has 5 rings (SSSR count). The van der Waals surface area contributed by atoms with E-state index in [-0.39, 0.29) is 22.3 Å². The molecule has 1 aliphatic carbocycles. The first kappa shape index (κ1) is 22.7. The molecule has 178 valence electrons. The number of aryl methyl sites for hydroxylation is 1. The fourth-order valence-corrected chi connectivity index (χ4v) is 5.63. The highest BCUT2D eigenvalue weighted by atomic mass is 32.1. The lowest BCUT2D eigenvalue weighted by Gasteiger charge is -2.38. The topological polar surface area (TPSA) is 95.5 Å². The van der Waals surface area contributed by atoms with Gasteiger partial charge in [-0.25, -0.2) is 0 Å². The molecule has 9 heteroatoms. The van der Waals surface area contributed by atoms with E-state index in [1.807, 2.05) is 60.7 Å². The summed E-state index contributed by atoms with van der Waals surface area (Å²) in [6.45, 7) is 2.06. The van der Waals surface area contributed by atoms with Crippen molar-refractivity contribution < 1.29 is 19.6 Å². The van der Waals surface area contributed by atoms with Crippen molar-refractivity contribution in [1.82, 2.24) is 15.0 Å². The first-order valence-electron chi connectivity index (χ1n) is 11.0. The van der Waals surface area contributed by atoms with Gasteiger partial charge in [0.1, 0.15) is 16.8 Å². The second kappa shape index (κ2) is 8.92. The van der Waals surface area contributed by atoms with E-state index in [1.54, 1.807) is 29.3 Å². The lowest BCUT2D eigenvalue weighted by molar-refractivity contribution is -0.725. The van der Waals surface area contributed by atoms with Crippen molar-refractivity contribution >= 4 is 28.1 Å².